The predicted molar refractivity (Wildman–Crippen MR) is 85.7 cm³/mol. The zero-order valence-electron chi connectivity index (χ0n) is 10.5. The van der Waals surface area contributed by atoms with Crippen LogP contribution in [0.1, 0.15) is 16.5 Å². The van der Waals surface area contributed by atoms with Gasteiger partial charge in [-0.1, -0.05) is 48.5 Å². The Kier molecular flexibility index (Phi) is 3.77. The third kappa shape index (κ3) is 2.46. The molecule has 3 aromatic rings. The smallest absolute Gasteiger partial charge is 0.137 e. The van der Waals surface area contributed by atoms with Crippen LogP contribution < -0.4 is 0 Å². The minimum Gasteiger partial charge on any atom is -0.206 e. The molecule has 0 aromatic heterocycles. The van der Waals surface area contributed by atoms with E-state index in [9.17, 15) is 4.39 Å². The van der Waals surface area contributed by atoms with Gasteiger partial charge in [-0.15, -0.1) is 11.6 Å². The van der Waals surface area contributed by atoms with Crippen LogP contribution in [0.2, 0.25) is 0 Å². The van der Waals surface area contributed by atoms with Crippen molar-refractivity contribution in [1.82, 2.24) is 0 Å². The van der Waals surface area contributed by atoms with Crippen LogP contribution in [0.4, 0.5) is 4.39 Å². The van der Waals surface area contributed by atoms with E-state index in [2.05, 4.69) is 34.1 Å². The molecule has 0 heterocycles. The Morgan fingerprint density at radius 1 is 0.950 bits per heavy atom. The molecule has 100 valence electrons. The maximum Gasteiger partial charge on any atom is 0.137 e. The Morgan fingerprint density at radius 3 is 2.50 bits per heavy atom. The van der Waals surface area contributed by atoms with E-state index in [1.165, 1.54) is 6.07 Å². The van der Waals surface area contributed by atoms with E-state index in [1.54, 1.807) is 12.1 Å². The van der Waals surface area contributed by atoms with E-state index in [4.69, 9.17) is 11.6 Å². The minimum absolute atomic E-state index is 0.282. The Bertz CT molecular complexity index is 765. The average molecular weight is 350 g/mol. The number of benzene rings is 3. The van der Waals surface area contributed by atoms with Crippen molar-refractivity contribution in [3.63, 3.8) is 0 Å². The summed E-state index contributed by atoms with van der Waals surface area (Å²) in [6, 6.07) is 19.1. The molecule has 0 aliphatic rings. The van der Waals surface area contributed by atoms with Crippen LogP contribution in [-0.4, -0.2) is 0 Å². The zero-order valence-corrected chi connectivity index (χ0v) is 12.8. The van der Waals surface area contributed by atoms with Gasteiger partial charge in [0, 0.05) is 0 Å². The summed E-state index contributed by atoms with van der Waals surface area (Å²) in [5, 5.41) is 1.96. The van der Waals surface area contributed by atoms with Crippen molar-refractivity contribution >= 4 is 38.3 Å². The normalized spacial score (nSPS) is 12.6. The summed E-state index contributed by atoms with van der Waals surface area (Å²) in [5.74, 6) is -0.282. The highest BCUT2D eigenvalue weighted by Gasteiger charge is 2.14. The lowest BCUT2D eigenvalue weighted by Crippen LogP contribution is -1.95. The molecule has 0 bridgehead atoms. The molecule has 0 amide bonds. The van der Waals surface area contributed by atoms with Crippen LogP contribution in [0.25, 0.3) is 10.8 Å². The van der Waals surface area contributed by atoms with Crippen molar-refractivity contribution < 1.29 is 4.39 Å². The largest absolute Gasteiger partial charge is 0.206 e. The predicted octanol–water partition coefficient (Wildman–Crippen LogP) is 6.07. The SMILES string of the molecule is Fc1ccc(C(Cl)c2cccc3ccccc23)cc1Br. The molecule has 0 nitrogen and oxygen atoms in total. The van der Waals surface area contributed by atoms with Crippen molar-refractivity contribution in [2.75, 3.05) is 0 Å². The van der Waals surface area contributed by atoms with Crippen molar-refractivity contribution in [3.05, 3.63) is 82.1 Å². The second kappa shape index (κ2) is 5.55. The van der Waals surface area contributed by atoms with Crippen LogP contribution >= 0.6 is 27.5 Å². The van der Waals surface area contributed by atoms with Crippen molar-refractivity contribution in [2.24, 2.45) is 0 Å². The number of fused-ring (bicyclic) bond motifs is 1. The molecule has 3 heteroatoms. The highest BCUT2D eigenvalue weighted by Crippen LogP contribution is 2.35. The number of halogens is 3. The van der Waals surface area contributed by atoms with E-state index in [0.717, 1.165) is 21.9 Å². The molecule has 1 atom stereocenters. The first-order valence-electron chi connectivity index (χ1n) is 6.23. The monoisotopic (exact) mass is 348 g/mol. The highest BCUT2D eigenvalue weighted by molar-refractivity contribution is 9.10. The third-order valence-corrected chi connectivity index (χ3v) is 4.43. The van der Waals surface area contributed by atoms with Crippen LogP contribution in [0.5, 0.6) is 0 Å². The minimum atomic E-state index is -0.307. The molecule has 20 heavy (non-hydrogen) atoms. The summed E-state index contributed by atoms with van der Waals surface area (Å²) in [6.07, 6.45) is 0. The van der Waals surface area contributed by atoms with Gasteiger partial charge in [0.25, 0.3) is 0 Å². The van der Waals surface area contributed by atoms with Crippen molar-refractivity contribution in [2.45, 2.75) is 5.38 Å². The van der Waals surface area contributed by atoms with E-state index < -0.39 is 0 Å². The molecule has 0 aliphatic heterocycles. The highest BCUT2D eigenvalue weighted by atomic mass is 79.9. The lowest BCUT2D eigenvalue weighted by molar-refractivity contribution is 0.620. The molecular formula is C17H11BrClF. The first kappa shape index (κ1) is 13.6. The summed E-state index contributed by atoms with van der Waals surface area (Å²) < 4.78 is 13.8. The summed E-state index contributed by atoms with van der Waals surface area (Å²) in [5.41, 5.74) is 1.90. The van der Waals surface area contributed by atoms with Crippen LogP contribution in [0.3, 0.4) is 0 Å². The van der Waals surface area contributed by atoms with Crippen LogP contribution in [0, 0.1) is 5.82 Å². The van der Waals surface area contributed by atoms with Crippen molar-refractivity contribution in [1.29, 1.82) is 0 Å². The molecular weight excluding hydrogens is 339 g/mol. The Hall–Kier alpha value is -1.38. The molecule has 0 saturated heterocycles. The van der Waals surface area contributed by atoms with Gasteiger partial charge in [-0.05, 0) is 50.0 Å². The quantitative estimate of drug-likeness (QED) is 0.493. The molecule has 0 N–H and O–H groups in total. The molecule has 0 spiro atoms. The summed E-state index contributed by atoms with van der Waals surface area (Å²) >= 11 is 9.79. The molecule has 3 rings (SSSR count). The molecule has 1 unspecified atom stereocenters. The first-order chi connectivity index (χ1) is 9.66. The second-order valence-electron chi connectivity index (χ2n) is 4.60. The lowest BCUT2D eigenvalue weighted by atomic mass is 9.98. The van der Waals surface area contributed by atoms with Crippen LogP contribution in [0.15, 0.2) is 65.1 Å². The fourth-order valence-corrected chi connectivity index (χ4v) is 3.04. The Labute approximate surface area is 130 Å². The van der Waals surface area contributed by atoms with E-state index in [0.29, 0.717) is 4.47 Å². The molecule has 0 fully saturated rings. The summed E-state index contributed by atoms with van der Waals surface area (Å²) in [4.78, 5) is 0. The number of hydrogen-bond acceptors (Lipinski definition) is 0. The van der Waals surface area contributed by atoms with Crippen molar-refractivity contribution in [3.8, 4) is 0 Å². The van der Waals surface area contributed by atoms with E-state index in [-0.39, 0.29) is 11.2 Å². The van der Waals surface area contributed by atoms with Gasteiger partial charge in [0.2, 0.25) is 0 Å². The number of hydrogen-bond donors (Lipinski definition) is 0. The summed E-state index contributed by atoms with van der Waals surface area (Å²) in [7, 11) is 0. The molecule has 3 aromatic carbocycles. The van der Waals surface area contributed by atoms with E-state index >= 15 is 0 Å². The van der Waals surface area contributed by atoms with Gasteiger partial charge >= 0.3 is 0 Å². The van der Waals surface area contributed by atoms with Gasteiger partial charge in [0.1, 0.15) is 5.82 Å². The van der Waals surface area contributed by atoms with Gasteiger partial charge in [-0.2, -0.15) is 0 Å². The maximum absolute atomic E-state index is 13.3. The van der Waals surface area contributed by atoms with E-state index in [1.807, 2.05) is 24.3 Å². The second-order valence-corrected chi connectivity index (χ2v) is 5.90. The van der Waals surface area contributed by atoms with Gasteiger partial charge in [0.15, 0.2) is 0 Å². The third-order valence-electron chi connectivity index (χ3n) is 3.33. The standard InChI is InChI=1S/C17H11BrClF/c18-15-10-12(8-9-16(15)20)17(19)14-7-3-5-11-4-1-2-6-13(11)14/h1-10,17H. The zero-order chi connectivity index (χ0) is 14.1. The Morgan fingerprint density at radius 2 is 1.70 bits per heavy atom. The van der Waals surface area contributed by atoms with Gasteiger partial charge in [0.05, 0.1) is 9.85 Å². The topological polar surface area (TPSA) is 0 Å². The molecule has 0 aliphatic carbocycles. The lowest BCUT2D eigenvalue weighted by Gasteiger charge is -2.14. The van der Waals surface area contributed by atoms with Gasteiger partial charge in [-0.25, -0.2) is 4.39 Å². The maximum atomic E-state index is 13.3. The molecule has 0 saturated carbocycles. The van der Waals surface area contributed by atoms with Gasteiger partial charge < -0.3 is 0 Å². The first-order valence-corrected chi connectivity index (χ1v) is 7.46. The fraction of sp³-hybridized carbons (Fsp3) is 0.0588. The van der Waals surface area contributed by atoms with Gasteiger partial charge in [-0.3, -0.25) is 0 Å². The Balaban J connectivity index is 2.12. The fourth-order valence-electron chi connectivity index (χ4n) is 2.32. The number of alkyl halides is 1. The summed E-state index contributed by atoms with van der Waals surface area (Å²) in [6.45, 7) is 0. The number of rotatable bonds is 2. The molecule has 0 radical (unpaired) electrons. The van der Waals surface area contributed by atoms with Crippen LogP contribution in [-0.2, 0) is 0 Å². The average Bonchev–Trinajstić information content (AvgIpc) is 2.49.